The zero-order chi connectivity index (χ0) is 13.1. The van der Waals surface area contributed by atoms with Gasteiger partial charge in [-0.2, -0.15) is 0 Å². The van der Waals surface area contributed by atoms with Crippen LogP contribution in [0.5, 0.6) is 0 Å². The number of nitrogens with zero attached hydrogens (tertiary/aromatic N) is 3. The number of nitrogens with one attached hydrogen (secondary N) is 1. The topological polar surface area (TPSA) is 61.3 Å². The standard InChI is InChI=1S/C14H16N4O/c19-12-6-7-18(9-12)14-8-13(15-10-16-14)17-11-4-2-1-3-5-11/h1-5,8,10,12,19H,6-7,9H2,(H,15,16,17). The molecule has 0 spiro atoms. The summed E-state index contributed by atoms with van der Waals surface area (Å²) in [5, 5.41) is 12.8. The van der Waals surface area contributed by atoms with Crippen LogP contribution in [0.3, 0.4) is 0 Å². The molecule has 3 rings (SSSR count). The van der Waals surface area contributed by atoms with Gasteiger partial charge in [0.15, 0.2) is 0 Å². The second kappa shape index (κ2) is 5.24. The molecule has 1 aromatic heterocycles. The number of aliphatic hydroxyl groups excluding tert-OH is 1. The molecule has 0 radical (unpaired) electrons. The second-order valence-electron chi connectivity index (χ2n) is 4.64. The van der Waals surface area contributed by atoms with E-state index in [-0.39, 0.29) is 6.10 Å². The minimum Gasteiger partial charge on any atom is -0.391 e. The van der Waals surface area contributed by atoms with Crippen LogP contribution >= 0.6 is 0 Å². The summed E-state index contributed by atoms with van der Waals surface area (Å²) in [6.07, 6.45) is 2.09. The predicted octanol–water partition coefficient (Wildman–Crippen LogP) is 1.79. The maximum Gasteiger partial charge on any atom is 0.135 e. The van der Waals surface area contributed by atoms with Crippen LogP contribution in [-0.4, -0.2) is 34.3 Å². The Morgan fingerprint density at radius 3 is 2.79 bits per heavy atom. The van der Waals surface area contributed by atoms with Crippen molar-refractivity contribution in [2.45, 2.75) is 12.5 Å². The fraction of sp³-hybridized carbons (Fsp3) is 0.286. The minimum absolute atomic E-state index is 0.250. The molecule has 5 nitrogen and oxygen atoms in total. The first kappa shape index (κ1) is 11.9. The van der Waals surface area contributed by atoms with Crippen molar-refractivity contribution in [2.24, 2.45) is 0 Å². The zero-order valence-electron chi connectivity index (χ0n) is 10.5. The highest BCUT2D eigenvalue weighted by molar-refractivity contribution is 5.59. The SMILES string of the molecule is OC1CCN(c2cc(Nc3ccccc3)ncn2)C1. The van der Waals surface area contributed by atoms with Gasteiger partial charge in [0.1, 0.15) is 18.0 Å². The van der Waals surface area contributed by atoms with Crippen molar-refractivity contribution in [3.63, 3.8) is 0 Å². The molecule has 1 unspecified atom stereocenters. The first-order valence-corrected chi connectivity index (χ1v) is 6.38. The largest absolute Gasteiger partial charge is 0.391 e. The second-order valence-corrected chi connectivity index (χ2v) is 4.64. The highest BCUT2D eigenvalue weighted by atomic mass is 16.3. The molecule has 0 amide bonds. The van der Waals surface area contributed by atoms with Gasteiger partial charge in [0, 0.05) is 24.8 Å². The highest BCUT2D eigenvalue weighted by Crippen LogP contribution is 2.21. The van der Waals surface area contributed by atoms with E-state index in [1.807, 2.05) is 36.4 Å². The first-order chi connectivity index (χ1) is 9.31. The average molecular weight is 256 g/mol. The van der Waals surface area contributed by atoms with Gasteiger partial charge in [0.05, 0.1) is 6.10 Å². The molecule has 1 aliphatic rings. The molecule has 1 atom stereocenters. The third-order valence-electron chi connectivity index (χ3n) is 3.19. The van der Waals surface area contributed by atoms with E-state index < -0.39 is 0 Å². The molecule has 19 heavy (non-hydrogen) atoms. The van der Waals surface area contributed by atoms with Gasteiger partial charge in [-0.15, -0.1) is 0 Å². The van der Waals surface area contributed by atoms with Crippen LogP contribution in [0.1, 0.15) is 6.42 Å². The maximum absolute atomic E-state index is 9.56. The van der Waals surface area contributed by atoms with Crippen LogP contribution in [0, 0.1) is 0 Å². The lowest BCUT2D eigenvalue weighted by atomic mass is 10.3. The van der Waals surface area contributed by atoms with Gasteiger partial charge in [-0.25, -0.2) is 9.97 Å². The number of benzene rings is 1. The van der Waals surface area contributed by atoms with Gasteiger partial charge in [-0.3, -0.25) is 0 Å². The van der Waals surface area contributed by atoms with Crippen LogP contribution in [0.15, 0.2) is 42.7 Å². The fourth-order valence-electron chi connectivity index (χ4n) is 2.21. The molecule has 98 valence electrons. The fourth-order valence-corrected chi connectivity index (χ4v) is 2.21. The lowest BCUT2D eigenvalue weighted by Crippen LogP contribution is -2.22. The Balaban J connectivity index is 1.76. The predicted molar refractivity (Wildman–Crippen MR) is 74.6 cm³/mol. The van der Waals surface area contributed by atoms with Crippen molar-refractivity contribution >= 4 is 17.3 Å². The number of β-amino-alcohol motifs (C(OH)–C–C–N with tert-alkyl or cyclic N) is 1. The molecule has 0 bridgehead atoms. The molecule has 5 heteroatoms. The molecular weight excluding hydrogens is 240 g/mol. The molecule has 2 N–H and O–H groups in total. The van der Waals surface area contributed by atoms with Crippen molar-refractivity contribution in [3.05, 3.63) is 42.7 Å². The summed E-state index contributed by atoms with van der Waals surface area (Å²) in [5.41, 5.74) is 0.994. The van der Waals surface area contributed by atoms with Crippen LogP contribution in [-0.2, 0) is 0 Å². The maximum atomic E-state index is 9.56. The van der Waals surface area contributed by atoms with E-state index in [0.717, 1.165) is 30.3 Å². The van der Waals surface area contributed by atoms with Crippen molar-refractivity contribution < 1.29 is 5.11 Å². The van der Waals surface area contributed by atoms with E-state index in [0.29, 0.717) is 6.54 Å². The Kier molecular flexibility index (Phi) is 3.29. The highest BCUT2D eigenvalue weighted by Gasteiger charge is 2.21. The minimum atomic E-state index is -0.250. The molecule has 2 aromatic rings. The smallest absolute Gasteiger partial charge is 0.135 e. The number of anilines is 3. The van der Waals surface area contributed by atoms with Crippen LogP contribution in [0.25, 0.3) is 0 Å². The summed E-state index contributed by atoms with van der Waals surface area (Å²) in [4.78, 5) is 10.5. The molecular formula is C14H16N4O. The van der Waals surface area contributed by atoms with E-state index in [1.165, 1.54) is 0 Å². The number of aromatic nitrogens is 2. The number of aliphatic hydroxyl groups is 1. The van der Waals surface area contributed by atoms with E-state index in [4.69, 9.17) is 0 Å². The van der Waals surface area contributed by atoms with Crippen molar-refractivity contribution in [3.8, 4) is 0 Å². The number of para-hydroxylation sites is 1. The summed E-state index contributed by atoms with van der Waals surface area (Å²) >= 11 is 0. The van der Waals surface area contributed by atoms with Gasteiger partial charge >= 0.3 is 0 Å². The molecule has 1 aromatic carbocycles. The Labute approximate surface area is 111 Å². The van der Waals surface area contributed by atoms with Gasteiger partial charge in [0.2, 0.25) is 0 Å². The van der Waals surface area contributed by atoms with Gasteiger partial charge in [-0.05, 0) is 18.6 Å². The number of rotatable bonds is 3. The summed E-state index contributed by atoms with van der Waals surface area (Å²) in [5.74, 6) is 1.61. The lowest BCUT2D eigenvalue weighted by molar-refractivity contribution is 0.198. The molecule has 1 aliphatic heterocycles. The molecule has 0 aliphatic carbocycles. The average Bonchev–Trinajstić information content (AvgIpc) is 2.87. The summed E-state index contributed by atoms with van der Waals surface area (Å²) in [7, 11) is 0. The normalized spacial score (nSPS) is 18.6. The molecule has 2 heterocycles. The van der Waals surface area contributed by atoms with Crippen LogP contribution < -0.4 is 10.2 Å². The Hall–Kier alpha value is -2.14. The van der Waals surface area contributed by atoms with Crippen molar-refractivity contribution in [1.82, 2.24) is 9.97 Å². The monoisotopic (exact) mass is 256 g/mol. The summed E-state index contributed by atoms with van der Waals surface area (Å²) in [6, 6.07) is 11.8. The Morgan fingerprint density at radius 1 is 1.21 bits per heavy atom. The molecule has 1 fully saturated rings. The molecule has 1 saturated heterocycles. The Bertz CT molecular complexity index is 546. The number of hydrogen-bond donors (Lipinski definition) is 2. The molecule has 0 saturated carbocycles. The summed E-state index contributed by atoms with van der Waals surface area (Å²) < 4.78 is 0. The number of hydrogen-bond acceptors (Lipinski definition) is 5. The van der Waals surface area contributed by atoms with E-state index in [1.54, 1.807) is 6.33 Å². The third-order valence-corrected chi connectivity index (χ3v) is 3.19. The van der Waals surface area contributed by atoms with Gasteiger partial charge in [0.25, 0.3) is 0 Å². The quantitative estimate of drug-likeness (QED) is 0.876. The van der Waals surface area contributed by atoms with Gasteiger partial charge < -0.3 is 15.3 Å². The van der Waals surface area contributed by atoms with E-state index in [9.17, 15) is 5.11 Å². The van der Waals surface area contributed by atoms with Crippen molar-refractivity contribution in [1.29, 1.82) is 0 Å². The van der Waals surface area contributed by atoms with Crippen LogP contribution in [0.2, 0.25) is 0 Å². The zero-order valence-corrected chi connectivity index (χ0v) is 10.5. The van der Waals surface area contributed by atoms with Crippen molar-refractivity contribution in [2.75, 3.05) is 23.3 Å². The lowest BCUT2D eigenvalue weighted by Gasteiger charge is -2.17. The Morgan fingerprint density at radius 2 is 2.05 bits per heavy atom. The van der Waals surface area contributed by atoms with Gasteiger partial charge in [-0.1, -0.05) is 18.2 Å². The van der Waals surface area contributed by atoms with E-state index >= 15 is 0 Å². The summed E-state index contributed by atoms with van der Waals surface area (Å²) in [6.45, 7) is 1.48. The third kappa shape index (κ3) is 2.82. The van der Waals surface area contributed by atoms with E-state index in [2.05, 4.69) is 20.2 Å². The first-order valence-electron chi connectivity index (χ1n) is 6.38. The van der Waals surface area contributed by atoms with Crippen LogP contribution in [0.4, 0.5) is 17.3 Å².